The van der Waals surface area contributed by atoms with E-state index in [1.165, 1.54) is 14.2 Å². The number of ketones is 2. The lowest BCUT2D eigenvalue weighted by Crippen LogP contribution is -2.79. The lowest BCUT2D eigenvalue weighted by molar-refractivity contribution is -0.498. The summed E-state index contributed by atoms with van der Waals surface area (Å²) in [4.78, 5) is 29.6. The van der Waals surface area contributed by atoms with Crippen molar-refractivity contribution in [2.45, 2.75) is 22.8 Å². The molecule has 0 saturated carbocycles. The van der Waals surface area contributed by atoms with Crippen molar-refractivity contribution in [2.75, 3.05) is 14.2 Å². The highest BCUT2D eigenvalue weighted by molar-refractivity contribution is 6.12. The van der Waals surface area contributed by atoms with Crippen LogP contribution in [0.5, 0.6) is 0 Å². The van der Waals surface area contributed by atoms with Gasteiger partial charge in [0.25, 0.3) is 0 Å². The van der Waals surface area contributed by atoms with Crippen molar-refractivity contribution in [3.63, 3.8) is 0 Å². The van der Waals surface area contributed by atoms with Crippen LogP contribution in [-0.2, 0) is 41.7 Å². The van der Waals surface area contributed by atoms with E-state index < -0.39 is 22.8 Å². The molecule has 0 radical (unpaired) electrons. The van der Waals surface area contributed by atoms with E-state index >= 15 is 0 Å². The van der Waals surface area contributed by atoms with Crippen molar-refractivity contribution in [1.29, 1.82) is 0 Å². The fourth-order valence-corrected chi connectivity index (χ4v) is 6.60. The van der Waals surface area contributed by atoms with Crippen LogP contribution in [0.4, 0.5) is 0 Å². The highest BCUT2D eigenvalue weighted by Crippen LogP contribution is 2.69. The van der Waals surface area contributed by atoms with Crippen molar-refractivity contribution in [3.05, 3.63) is 143 Å². The van der Waals surface area contributed by atoms with Crippen LogP contribution in [-0.4, -0.2) is 25.8 Å². The van der Waals surface area contributed by atoms with Crippen molar-refractivity contribution in [2.24, 2.45) is 0 Å². The van der Waals surface area contributed by atoms with Gasteiger partial charge in [-0.2, -0.15) is 0 Å². The molecule has 7 rings (SSSR count). The van der Waals surface area contributed by atoms with Crippen LogP contribution in [0.15, 0.2) is 109 Å². The Morgan fingerprint density at radius 1 is 0.500 bits per heavy atom. The Morgan fingerprint density at radius 3 is 1.21 bits per heavy atom. The molecule has 4 unspecified atom stereocenters. The van der Waals surface area contributed by atoms with Gasteiger partial charge in [0.15, 0.2) is 0 Å². The Labute approximate surface area is 219 Å². The Bertz CT molecular complexity index is 1480. The Balaban J connectivity index is 1.74. The molecule has 188 valence electrons. The van der Waals surface area contributed by atoms with E-state index in [0.717, 1.165) is 0 Å². The molecule has 0 spiro atoms. The van der Waals surface area contributed by atoms with Crippen LogP contribution in [0.3, 0.4) is 0 Å². The number of rotatable bonds is 4. The molecule has 4 bridgehead atoms. The number of fused-ring (bicyclic) bond motifs is 10. The number of hydrogen-bond donors (Lipinski definition) is 0. The molecule has 0 N–H and O–H groups in total. The first-order chi connectivity index (χ1) is 18.5. The molecule has 1 saturated heterocycles. The molecule has 6 nitrogen and oxygen atoms in total. The smallest absolute Gasteiger partial charge is 0.239 e. The van der Waals surface area contributed by atoms with E-state index in [4.69, 9.17) is 18.9 Å². The zero-order valence-electron chi connectivity index (χ0n) is 20.8. The number of Topliss-reactive ketones (excluding diaryl/α,β-unsaturated/α-hetero) is 2. The minimum atomic E-state index is -1.84. The lowest BCUT2D eigenvalue weighted by atomic mass is 9.61. The van der Waals surface area contributed by atoms with Gasteiger partial charge in [0, 0.05) is 36.5 Å². The van der Waals surface area contributed by atoms with Crippen molar-refractivity contribution in [3.8, 4) is 0 Å². The fourth-order valence-electron chi connectivity index (χ4n) is 6.60. The fraction of sp³-hybridized carbons (Fsp3) is 0.188. The van der Waals surface area contributed by atoms with E-state index in [1.807, 2.05) is 60.7 Å². The summed E-state index contributed by atoms with van der Waals surface area (Å²) in [7, 11) is 2.95. The van der Waals surface area contributed by atoms with Gasteiger partial charge < -0.3 is 18.9 Å². The quantitative estimate of drug-likeness (QED) is 0.380. The van der Waals surface area contributed by atoms with Gasteiger partial charge in [-0.05, 0) is 11.1 Å². The first-order valence-corrected chi connectivity index (χ1v) is 12.4. The van der Waals surface area contributed by atoms with Crippen molar-refractivity contribution < 1.29 is 28.5 Å². The topological polar surface area (TPSA) is 71.1 Å². The van der Waals surface area contributed by atoms with Gasteiger partial charge in [0.2, 0.25) is 34.3 Å². The highest BCUT2D eigenvalue weighted by atomic mass is 16.8. The summed E-state index contributed by atoms with van der Waals surface area (Å²) in [5, 5.41) is 0. The van der Waals surface area contributed by atoms with E-state index in [2.05, 4.69) is 0 Å². The van der Waals surface area contributed by atoms with E-state index in [1.54, 1.807) is 48.5 Å². The first kappa shape index (κ1) is 23.2. The number of carbonyl (C=O) groups is 2. The average molecular weight is 505 g/mol. The van der Waals surface area contributed by atoms with Crippen LogP contribution in [0, 0.1) is 0 Å². The molecule has 0 aliphatic carbocycles. The predicted octanol–water partition coefficient (Wildman–Crippen LogP) is 5.22. The lowest BCUT2D eigenvalue weighted by Gasteiger charge is -2.66. The third kappa shape index (κ3) is 2.38. The number of carbonyl (C=O) groups excluding carboxylic acids is 2. The van der Waals surface area contributed by atoms with E-state index in [-0.39, 0.29) is 11.6 Å². The molecular formula is C32H24O6. The van der Waals surface area contributed by atoms with E-state index in [9.17, 15) is 9.59 Å². The van der Waals surface area contributed by atoms with Crippen LogP contribution >= 0.6 is 0 Å². The van der Waals surface area contributed by atoms with Crippen LogP contribution in [0.1, 0.15) is 43.0 Å². The highest BCUT2D eigenvalue weighted by Gasteiger charge is 2.83. The zero-order valence-corrected chi connectivity index (χ0v) is 20.8. The molecule has 38 heavy (non-hydrogen) atoms. The molecule has 3 aliphatic heterocycles. The van der Waals surface area contributed by atoms with Gasteiger partial charge in [-0.3, -0.25) is 9.59 Å². The maximum atomic E-state index is 14.8. The Morgan fingerprint density at radius 2 is 0.842 bits per heavy atom. The summed E-state index contributed by atoms with van der Waals surface area (Å²) in [6.45, 7) is 0. The monoisotopic (exact) mass is 504 g/mol. The van der Waals surface area contributed by atoms with Crippen molar-refractivity contribution >= 4 is 11.6 Å². The second-order valence-corrected chi connectivity index (χ2v) is 9.69. The molecule has 6 heteroatoms. The Hall–Kier alpha value is -3.94. The SMILES string of the molecule is COC12OC(c3ccccc3)(C(=O)c3ccccc31)C1(OC)OC2(c2ccccc2)C(=O)c2ccccc21. The molecule has 0 amide bonds. The molecule has 3 heterocycles. The molecule has 4 aromatic rings. The zero-order chi connectivity index (χ0) is 26.2. The maximum absolute atomic E-state index is 14.8. The van der Waals surface area contributed by atoms with Crippen LogP contribution in [0.25, 0.3) is 0 Å². The minimum Gasteiger partial charge on any atom is -0.346 e. The van der Waals surface area contributed by atoms with Gasteiger partial charge in [-0.25, -0.2) is 0 Å². The minimum absolute atomic E-state index is 0.348. The third-order valence-electron chi connectivity index (χ3n) is 8.15. The predicted molar refractivity (Wildman–Crippen MR) is 137 cm³/mol. The first-order valence-electron chi connectivity index (χ1n) is 12.4. The molecule has 4 aromatic carbocycles. The van der Waals surface area contributed by atoms with Crippen LogP contribution in [0.2, 0.25) is 0 Å². The summed E-state index contributed by atoms with van der Waals surface area (Å²) in [5.74, 6) is -4.36. The van der Waals surface area contributed by atoms with Gasteiger partial charge in [-0.1, -0.05) is 109 Å². The van der Waals surface area contributed by atoms with Gasteiger partial charge in [0.05, 0.1) is 0 Å². The number of hydrogen-bond acceptors (Lipinski definition) is 6. The maximum Gasteiger partial charge on any atom is 0.239 e. The summed E-state index contributed by atoms with van der Waals surface area (Å²) < 4.78 is 26.8. The molecule has 0 aromatic heterocycles. The number of benzene rings is 4. The molecule has 4 atom stereocenters. The third-order valence-corrected chi connectivity index (χ3v) is 8.15. The molecule has 3 aliphatic rings. The van der Waals surface area contributed by atoms with E-state index in [0.29, 0.717) is 33.4 Å². The van der Waals surface area contributed by atoms with Gasteiger partial charge >= 0.3 is 0 Å². The Kier molecular flexibility index (Phi) is 4.75. The summed E-state index contributed by atoms with van der Waals surface area (Å²) in [6.07, 6.45) is 0. The summed E-state index contributed by atoms with van der Waals surface area (Å²) >= 11 is 0. The standard InChI is InChI=1S/C32H24O6/c1-35-31-25-19-11-9-17-23(25)28(34)30(37-31,22-15-7-4-8-16-22)32(36-2)26-20-12-10-18-24(26)27(33)29(31,38-32)21-13-5-3-6-14-21/h3-20H,1-2H3. The molecular weight excluding hydrogens is 480 g/mol. The summed E-state index contributed by atoms with van der Waals surface area (Å²) in [5.41, 5.74) is -1.06. The van der Waals surface area contributed by atoms with Crippen LogP contribution < -0.4 is 0 Å². The normalized spacial score (nSPS) is 30.9. The van der Waals surface area contributed by atoms with Gasteiger partial charge in [-0.15, -0.1) is 0 Å². The van der Waals surface area contributed by atoms with Gasteiger partial charge in [0.1, 0.15) is 0 Å². The summed E-state index contributed by atoms with van der Waals surface area (Å²) in [6, 6.07) is 32.5. The molecule has 1 fully saturated rings. The largest absolute Gasteiger partial charge is 0.346 e. The number of ether oxygens (including phenoxy) is 4. The van der Waals surface area contributed by atoms with Crippen molar-refractivity contribution in [1.82, 2.24) is 0 Å². The second-order valence-electron chi connectivity index (χ2n) is 9.69. The average Bonchev–Trinajstić information content (AvgIpc) is 3.00. The second kappa shape index (κ2) is 7.79. The number of methoxy groups -OCH3 is 2.